The standard InChI is InChI=1S/C30H33N3/c1-6-20(2)9-12-25-18-24(13-14-31-25)27-19-26-29(23-10-7-21(3)8-11-23)22(4)17-28-30(26)33(27)16-15-32(28)5/h6-11,13-14,17-18,27H,1,12,15-16,19H2,2-5H3/b20-9+. The average Bonchev–Trinajstić information content (AvgIpc) is 3.21. The molecule has 2 aliphatic rings. The van der Waals surface area contributed by atoms with Gasteiger partial charge in [-0.05, 0) is 73.2 Å². The van der Waals surface area contributed by atoms with E-state index in [9.17, 15) is 0 Å². The molecule has 2 aliphatic heterocycles. The Bertz CT molecular complexity index is 1240. The summed E-state index contributed by atoms with van der Waals surface area (Å²) in [7, 11) is 2.23. The molecule has 3 nitrogen and oxygen atoms in total. The number of aromatic nitrogens is 1. The SMILES string of the molecule is C=C/C(C)=C/Cc1cc(C2Cc3c(-c4ccc(C)cc4)c(C)cc4c3N2CCN4C)ccn1. The first-order valence-corrected chi connectivity index (χ1v) is 11.9. The molecule has 0 N–H and O–H groups in total. The number of nitrogens with zero attached hydrogens (tertiary/aromatic N) is 3. The Morgan fingerprint density at radius 3 is 2.67 bits per heavy atom. The van der Waals surface area contributed by atoms with Gasteiger partial charge in [-0.1, -0.05) is 54.1 Å². The molecule has 0 aliphatic carbocycles. The largest absolute Gasteiger partial charge is 0.371 e. The van der Waals surface area contributed by atoms with E-state index in [4.69, 9.17) is 0 Å². The monoisotopic (exact) mass is 435 g/mol. The van der Waals surface area contributed by atoms with Gasteiger partial charge in [0.15, 0.2) is 0 Å². The summed E-state index contributed by atoms with van der Waals surface area (Å²) in [6.07, 6.45) is 7.96. The van der Waals surface area contributed by atoms with Crippen molar-refractivity contribution in [2.45, 2.75) is 39.7 Å². The number of benzene rings is 2. The number of allylic oxidation sites excluding steroid dienone is 3. The van der Waals surface area contributed by atoms with Crippen LogP contribution in [0.2, 0.25) is 0 Å². The van der Waals surface area contributed by atoms with Gasteiger partial charge in [0.1, 0.15) is 0 Å². The van der Waals surface area contributed by atoms with E-state index < -0.39 is 0 Å². The highest BCUT2D eigenvalue weighted by Crippen LogP contribution is 2.52. The second kappa shape index (κ2) is 8.55. The van der Waals surface area contributed by atoms with E-state index >= 15 is 0 Å². The van der Waals surface area contributed by atoms with Crippen molar-refractivity contribution in [2.24, 2.45) is 0 Å². The summed E-state index contributed by atoms with van der Waals surface area (Å²) < 4.78 is 0. The van der Waals surface area contributed by atoms with Gasteiger partial charge >= 0.3 is 0 Å². The minimum Gasteiger partial charge on any atom is -0.371 e. The number of anilines is 2. The molecular weight excluding hydrogens is 402 g/mol. The molecule has 33 heavy (non-hydrogen) atoms. The van der Waals surface area contributed by atoms with E-state index in [-0.39, 0.29) is 0 Å². The van der Waals surface area contributed by atoms with E-state index in [1.807, 2.05) is 12.3 Å². The van der Waals surface area contributed by atoms with Crippen LogP contribution in [-0.4, -0.2) is 25.1 Å². The fourth-order valence-corrected chi connectivity index (χ4v) is 5.36. The van der Waals surface area contributed by atoms with Crippen molar-refractivity contribution >= 4 is 11.4 Å². The molecule has 0 saturated carbocycles. The Labute approximate surface area is 198 Å². The van der Waals surface area contributed by atoms with Gasteiger partial charge in [0.05, 0.1) is 17.4 Å². The Hall–Kier alpha value is -3.33. The van der Waals surface area contributed by atoms with Crippen LogP contribution in [0.25, 0.3) is 11.1 Å². The Morgan fingerprint density at radius 1 is 1.12 bits per heavy atom. The molecule has 3 heteroatoms. The van der Waals surface area contributed by atoms with Crippen LogP contribution in [0.4, 0.5) is 11.4 Å². The molecule has 0 amide bonds. The third-order valence-corrected chi connectivity index (χ3v) is 7.25. The van der Waals surface area contributed by atoms with Gasteiger partial charge in [-0.15, -0.1) is 0 Å². The number of hydrogen-bond donors (Lipinski definition) is 0. The van der Waals surface area contributed by atoms with Crippen molar-refractivity contribution in [2.75, 3.05) is 29.9 Å². The lowest BCUT2D eigenvalue weighted by Crippen LogP contribution is -2.39. The van der Waals surface area contributed by atoms with Crippen molar-refractivity contribution < 1.29 is 0 Å². The Kier molecular flexibility index (Phi) is 5.57. The summed E-state index contributed by atoms with van der Waals surface area (Å²) in [6, 6.07) is 16.3. The van der Waals surface area contributed by atoms with Gasteiger partial charge in [0, 0.05) is 38.4 Å². The van der Waals surface area contributed by atoms with Crippen LogP contribution >= 0.6 is 0 Å². The lowest BCUT2D eigenvalue weighted by Gasteiger charge is -2.38. The fraction of sp³-hybridized carbons (Fsp3) is 0.300. The van der Waals surface area contributed by atoms with Gasteiger partial charge in [-0.3, -0.25) is 4.98 Å². The first-order chi connectivity index (χ1) is 16.0. The molecular formula is C30H33N3. The highest BCUT2D eigenvalue weighted by molar-refractivity contribution is 5.89. The van der Waals surface area contributed by atoms with Gasteiger partial charge in [0.2, 0.25) is 0 Å². The number of pyridine rings is 1. The zero-order valence-electron chi connectivity index (χ0n) is 20.2. The molecule has 0 spiro atoms. The van der Waals surface area contributed by atoms with Crippen LogP contribution in [0.15, 0.2) is 73.0 Å². The molecule has 1 unspecified atom stereocenters. The Balaban J connectivity index is 1.59. The third kappa shape index (κ3) is 3.86. The number of aryl methyl sites for hydroxylation is 2. The maximum absolute atomic E-state index is 4.64. The smallest absolute Gasteiger partial charge is 0.0649 e. The molecule has 2 aromatic carbocycles. The zero-order valence-corrected chi connectivity index (χ0v) is 20.2. The highest BCUT2D eigenvalue weighted by atomic mass is 15.3. The molecule has 3 aromatic rings. The van der Waals surface area contributed by atoms with E-state index in [0.29, 0.717) is 6.04 Å². The van der Waals surface area contributed by atoms with Crippen molar-refractivity contribution in [3.05, 3.63) is 101 Å². The normalized spacial score (nSPS) is 17.3. The maximum Gasteiger partial charge on any atom is 0.0649 e. The summed E-state index contributed by atoms with van der Waals surface area (Å²) in [5.74, 6) is 0. The maximum atomic E-state index is 4.64. The van der Waals surface area contributed by atoms with Crippen molar-refractivity contribution in [3.8, 4) is 11.1 Å². The minimum absolute atomic E-state index is 0.352. The number of likely N-dealkylation sites (N-methyl/N-ethyl adjacent to an activating group) is 1. The van der Waals surface area contributed by atoms with Crippen LogP contribution in [0.1, 0.15) is 40.9 Å². The lowest BCUT2D eigenvalue weighted by atomic mass is 9.90. The molecule has 0 radical (unpaired) electrons. The topological polar surface area (TPSA) is 19.4 Å². The summed E-state index contributed by atoms with van der Waals surface area (Å²) in [4.78, 5) is 9.71. The Morgan fingerprint density at radius 2 is 1.91 bits per heavy atom. The second-order valence-electron chi connectivity index (χ2n) is 9.55. The van der Waals surface area contributed by atoms with Crippen LogP contribution in [0, 0.1) is 13.8 Å². The molecule has 3 heterocycles. The molecule has 5 rings (SSSR count). The van der Waals surface area contributed by atoms with E-state index in [1.165, 1.54) is 50.3 Å². The highest BCUT2D eigenvalue weighted by Gasteiger charge is 2.38. The van der Waals surface area contributed by atoms with E-state index in [2.05, 4.69) is 97.7 Å². The van der Waals surface area contributed by atoms with Gasteiger partial charge in [0.25, 0.3) is 0 Å². The van der Waals surface area contributed by atoms with Gasteiger partial charge in [-0.2, -0.15) is 0 Å². The molecule has 168 valence electrons. The first-order valence-electron chi connectivity index (χ1n) is 11.9. The summed E-state index contributed by atoms with van der Waals surface area (Å²) in [6.45, 7) is 12.5. The summed E-state index contributed by atoms with van der Waals surface area (Å²) in [5, 5.41) is 0. The van der Waals surface area contributed by atoms with Gasteiger partial charge < -0.3 is 9.80 Å². The average molecular weight is 436 g/mol. The van der Waals surface area contributed by atoms with E-state index in [1.54, 1.807) is 0 Å². The zero-order chi connectivity index (χ0) is 23.1. The van der Waals surface area contributed by atoms with Crippen LogP contribution in [-0.2, 0) is 12.8 Å². The molecule has 0 fully saturated rings. The number of hydrogen-bond acceptors (Lipinski definition) is 3. The predicted molar refractivity (Wildman–Crippen MR) is 140 cm³/mol. The quantitative estimate of drug-likeness (QED) is 0.421. The van der Waals surface area contributed by atoms with Crippen molar-refractivity contribution in [3.63, 3.8) is 0 Å². The summed E-state index contributed by atoms with van der Waals surface area (Å²) >= 11 is 0. The third-order valence-electron chi connectivity index (χ3n) is 7.25. The molecule has 1 aromatic heterocycles. The summed E-state index contributed by atoms with van der Waals surface area (Å²) in [5.41, 5.74) is 13.4. The predicted octanol–water partition coefficient (Wildman–Crippen LogP) is 6.59. The van der Waals surface area contributed by atoms with Crippen molar-refractivity contribution in [1.82, 2.24) is 4.98 Å². The first kappa shape index (κ1) is 21.5. The fourth-order valence-electron chi connectivity index (χ4n) is 5.36. The van der Waals surface area contributed by atoms with Crippen LogP contribution < -0.4 is 9.80 Å². The van der Waals surface area contributed by atoms with E-state index in [0.717, 1.165) is 31.6 Å². The minimum atomic E-state index is 0.352. The second-order valence-corrected chi connectivity index (χ2v) is 9.55. The molecule has 0 saturated heterocycles. The lowest BCUT2D eigenvalue weighted by molar-refractivity contribution is 0.640. The van der Waals surface area contributed by atoms with Crippen molar-refractivity contribution in [1.29, 1.82) is 0 Å². The van der Waals surface area contributed by atoms with Gasteiger partial charge in [-0.25, -0.2) is 0 Å². The van der Waals surface area contributed by atoms with Crippen LogP contribution in [0.5, 0.6) is 0 Å². The molecule has 0 bridgehead atoms. The number of rotatable bonds is 5. The molecule has 1 atom stereocenters. The van der Waals surface area contributed by atoms with Crippen LogP contribution in [0.3, 0.4) is 0 Å².